The second-order valence-corrected chi connectivity index (χ2v) is 6.20. The fourth-order valence-corrected chi connectivity index (χ4v) is 3.11. The predicted octanol–water partition coefficient (Wildman–Crippen LogP) is 1.49. The van der Waals surface area contributed by atoms with E-state index in [-0.39, 0.29) is 0 Å². The second kappa shape index (κ2) is 5.03. The molecule has 0 spiro atoms. The molecule has 3 heteroatoms. The number of hydrogen-bond donors (Lipinski definition) is 1. The average Bonchev–Trinajstić information content (AvgIpc) is 2.64. The zero-order valence-electron chi connectivity index (χ0n) is 11.0. The summed E-state index contributed by atoms with van der Waals surface area (Å²) < 4.78 is 5.39. The van der Waals surface area contributed by atoms with E-state index in [2.05, 4.69) is 24.1 Å². The lowest BCUT2D eigenvalue weighted by Crippen LogP contribution is -2.45. The molecule has 0 bridgehead atoms. The highest BCUT2D eigenvalue weighted by Crippen LogP contribution is 2.28. The van der Waals surface area contributed by atoms with Crippen LogP contribution in [-0.4, -0.2) is 50.3 Å². The molecule has 0 saturated carbocycles. The van der Waals surface area contributed by atoms with Gasteiger partial charge in [-0.3, -0.25) is 0 Å². The average molecular weight is 226 g/mol. The molecule has 2 aliphatic rings. The van der Waals surface area contributed by atoms with Gasteiger partial charge < -0.3 is 15.0 Å². The number of hydrogen-bond acceptors (Lipinski definition) is 3. The molecule has 2 heterocycles. The Morgan fingerprint density at radius 2 is 2.25 bits per heavy atom. The van der Waals surface area contributed by atoms with Crippen molar-refractivity contribution in [2.75, 3.05) is 33.3 Å². The van der Waals surface area contributed by atoms with E-state index >= 15 is 0 Å². The van der Waals surface area contributed by atoms with Crippen LogP contribution in [0.25, 0.3) is 0 Å². The van der Waals surface area contributed by atoms with Gasteiger partial charge in [0.2, 0.25) is 0 Å². The van der Waals surface area contributed by atoms with Crippen molar-refractivity contribution in [1.29, 1.82) is 0 Å². The van der Waals surface area contributed by atoms with E-state index in [1.807, 2.05) is 7.11 Å². The summed E-state index contributed by atoms with van der Waals surface area (Å²) in [5.41, 5.74) is 0.511. The van der Waals surface area contributed by atoms with Crippen LogP contribution in [0.4, 0.5) is 0 Å². The van der Waals surface area contributed by atoms with Crippen molar-refractivity contribution in [3.63, 3.8) is 0 Å². The lowest BCUT2D eigenvalue weighted by molar-refractivity contribution is 0.0992. The third-order valence-corrected chi connectivity index (χ3v) is 3.97. The topological polar surface area (TPSA) is 24.5 Å². The lowest BCUT2D eigenvalue weighted by Gasteiger charge is -2.39. The molecular weight excluding hydrogens is 200 g/mol. The second-order valence-electron chi connectivity index (χ2n) is 6.20. The molecule has 94 valence electrons. The molecule has 2 atom stereocenters. The molecule has 0 aromatic carbocycles. The summed E-state index contributed by atoms with van der Waals surface area (Å²) in [5, 5.41) is 3.57. The van der Waals surface area contributed by atoms with E-state index in [0.717, 1.165) is 6.54 Å². The Balaban J connectivity index is 1.77. The molecule has 0 radical (unpaired) electrons. The molecule has 3 nitrogen and oxygen atoms in total. The molecule has 16 heavy (non-hydrogen) atoms. The van der Waals surface area contributed by atoms with Gasteiger partial charge in [-0.05, 0) is 31.2 Å². The Morgan fingerprint density at radius 1 is 1.44 bits per heavy atom. The Kier molecular flexibility index (Phi) is 3.88. The molecular formula is C13H26N2O. The van der Waals surface area contributed by atoms with Crippen molar-refractivity contribution in [3.8, 4) is 0 Å². The van der Waals surface area contributed by atoms with Crippen molar-refractivity contribution in [2.45, 2.75) is 45.3 Å². The van der Waals surface area contributed by atoms with Crippen LogP contribution < -0.4 is 5.32 Å². The van der Waals surface area contributed by atoms with Gasteiger partial charge in [-0.25, -0.2) is 0 Å². The summed E-state index contributed by atoms with van der Waals surface area (Å²) in [6, 6.07) is 0.638. The minimum Gasteiger partial charge on any atom is -0.380 e. The third kappa shape index (κ3) is 3.19. The largest absolute Gasteiger partial charge is 0.380 e. The Hall–Kier alpha value is -0.120. The Labute approximate surface area is 99.5 Å². The summed E-state index contributed by atoms with van der Waals surface area (Å²) in [6.45, 7) is 9.53. The van der Waals surface area contributed by atoms with E-state index in [1.165, 1.54) is 38.9 Å². The van der Waals surface area contributed by atoms with Gasteiger partial charge in [-0.15, -0.1) is 0 Å². The molecule has 2 fully saturated rings. The first-order valence-corrected chi connectivity index (χ1v) is 6.57. The van der Waals surface area contributed by atoms with Crippen molar-refractivity contribution in [1.82, 2.24) is 10.2 Å². The number of ether oxygens (including phenoxy) is 1. The van der Waals surface area contributed by atoms with Gasteiger partial charge in [-0.2, -0.15) is 0 Å². The molecule has 2 saturated heterocycles. The zero-order chi connectivity index (χ0) is 11.6. The van der Waals surface area contributed by atoms with Crippen LogP contribution >= 0.6 is 0 Å². The fourth-order valence-electron chi connectivity index (χ4n) is 3.11. The Bertz CT molecular complexity index is 230. The van der Waals surface area contributed by atoms with E-state index in [4.69, 9.17) is 4.74 Å². The van der Waals surface area contributed by atoms with Gasteiger partial charge in [-0.1, -0.05) is 13.8 Å². The highest BCUT2D eigenvalue weighted by atomic mass is 16.5. The van der Waals surface area contributed by atoms with Gasteiger partial charge in [0.05, 0.1) is 6.10 Å². The predicted molar refractivity (Wildman–Crippen MR) is 66.7 cm³/mol. The smallest absolute Gasteiger partial charge is 0.0711 e. The molecule has 0 aromatic rings. The maximum atomic E-state index is 5.39. The monoisotopic (exact) mass is 226 g/mol. The number of nitrogens with zero attached hydrogens (tertiary/aromatic N) is 1. The van der Waals surface area contributed by atoms with Gasteiger partial charge in [0.15, 0.2) is 0 Å². The summed E-state index contributed by atoms with van der Waals surface area (Å²) in [7, 11) is 1.82. The summed E-state index contributed by atoms with van der Waals surface area (Å²) in [4.78, 5) is 2.62. The molecule has 2 unspecified atom stereocenters. The standard InChI is InChI=1S/C13H26N2O/c1-13(2)5-4-6-15(10-13)9-11-7-12(16-3)8-14-11/h11-12,14H,4-10H2,1-3H3. The summed E-state index contributed by atoms with van der Waals surface area (Å²) >= 11 is 0. The molecule has 0 aliphatic carbocycles. The molecule has 0 aromatic heterocycles. The minimum absolute atomic E-state index is 0.433. The van der Waals surface area contributed by atoms with E-state index in [1.54, 1.807) is 0 Å². The molecule has 2 aliphatic heterocycles. The SMILES string of the molecule is COC1CNC(CN2CCCC(C)(C)C2)C1. The van der Waals surface area contributed by atoms with Gasteiger partial charge in [0, 0.05) is 32.8 Å². The van der Waals surface area contributed by atoms with Crippen molar-refractivity contribution in [2.24, 2.45) is 5.41 Å². The number of rotatable bonds is 3. The number of nitrogens with one attached hydrogen (secondary N) is 1. The van der Waals surface area contributed by atoms with E-state index < -0.39 is 0 Å². The van der Waals surface area contributed by atoms with Crippen molar-refractivity contribution >= 4 is 0 Å². The van der Waals surface area contributed by atoms with Crippen LogP contribution in [0.5, 0.6) is 0 Å². The third-order valence-electron chi connectivity index (χ3n) is 3.97. The van der Waals surface area contributed by atoms with Crippen molar-refractivity contribution in [3.05, 3.63) is 0 Å². The van der Waals surface area contributed by atoms with Crippen LogP contribution in [0.2, 0.25) is 0 Å². The number of piperidine rings is 1. The van der Waals surface area contributed by atoms with Crippen LogP contribution in [0, 0.1) is 5.41 Å². The van der Waals surface area contributed by atoms with Crippen LogP contribution in [0.15, 0.2) is 0 Å². The van der Waals surface area contributed by atoms with E-state index in [9.17, 15) is 0 Å². The first-order valence-electron chi connectivity index (χ1n) is 6.57. The van der Waals surface area contributed by atoms with Crippen LogP contribution in [-0.2, 0) is 4.74 Å². The van der Waals surface area contributed by atoms with Gasteiger partial charge in [0.25, 0.3) is 0 Å². The first-order chi connectivity index (χ1) is 7.59. The fraction of sp³-hybridized carbons (Fsp3) is 1.00. The minimum atomic E-state index is 0.433. The molecule has 0 amide bonds. The van der Waals surface area contributed by atoms with Gasteiger partial charge in [0.1, 0.15) is 0 Å². The highest BCUT2D eigenvalue weighted by Gasteiger charge is 2.30. The molecule has 2 rings (SSSR count). The summed E-state index contributed by atoms with van der Waals surface area (Å²) in [5.74, 6) is 0. The zero-order valence-corrected chi connectivity index (χ0v) is 11.0. The van der Waals surface area contributed by atoms with Crippen LogP contribution in [0.3, 0.4) is 0 Å². The lowest BCUT2D eigenvalue weighted by atomic mass is 9.84. The highest BCUT2D eigenvalue weighted by molar-refractivity contribution is 4.87. The maximum Gasteiger partial charge on any atom is 0.0711 e. The van der Waals surface area contributed by atoms with Crippen molar-refractivity contribution < 1.29 is 4.74 Å². The quantitative estimate of drug-likeness (QED) is 0.789. The first kappa shape index (κ1) is 12.3. The maximum absolute atomic E-state index is 5.39. The van der Waals surface area contributed by atoms with Crippen LogP contribution in [0.1, 0.15) is 33.1 Å². The van der Waals surface area contributed by atoms with E-state index in [0.29, 0.717) is 17.6 Å². The number of methoxy groups -OCH3 is 1. The Morgan fingerprint density at radius 3 is 2.88 bits per heavy atom. The molecule has 1 N–H and O–H groups in total. The normalized spacial score (nSPS) is 35.4. The number of likely N-dealkylation sites (tertiary alicyclic amines) is 1. The summed E-state index contributed by atoms with van der Waals surface area (Å²) in [6.07, 6.45) is 4.34. The van der Waals surface area contributed by atoms with Gasteiger partial charge >= 0.3 is 0 Å².